The van der Waals surface area contributed by atoms with Crippen LogP contribution in [0.5, 0.6) is 0 Å². The molecule has 1 atom stereocenters. The summed E-state index contributed by atoms with van der Waals surface area (Å²) < 4.78 is 0. The first-order chi connectivity index (χ1) is 12.5. The molecule has 0 bridgehead atoms. The highest BCUT2D eigenvalue weighted by molar-refractivity contribution is 5.80. The molecule has 1 aromatic heterocycles. The second-order valence-electron chi connectivity index (χ2n) is 7.93. The molecule has 2 N–H and O–H groups in total. The van der Waals surface area contributed by atoms with Gasteiger partial charge in [0.1, 0.15) is 0 Å². The van der Waals surface area contributed by atoms with Crippen LogP contribution in [0, 0.1) is 11.3 Å². The number of anilines is 1. The third-order valence-corrected chi connectivity index (χ3v) is 5.89. The van der Waals surface area contributed by atoms with E-state index in [1.54, 1.807) is 12.3 Å². The van der Waals surface area contributed by atoms with Crippen molar-refractivity contribution in [2.75, 3.05) is 18.4 Å². The third kappa shape index (κ3) is 3.50. The zero-order valence-corrected chi connectivity index (χ0v) is 15.1. The molecule has 0 radical (unpaired) electrons. The number of β-amino-alcohol motifs (C(OH)–C–C–N with tert-alkyl or cyclic N) is 1. The van der Waals surface area contributed by atoms with Crippen molar-refractivity contribution in [1.29, 1.82) is 5.26 Å². The number of likely N-dealkylation sites (tertiary alicyclic amines) is 1. The highest BCUT2D eigenvalue weighted by Crippen LogP contribution is 2.34. The number of rotatable bonds is 3. The first-order valence-corrected chi connectivity index (χ1v) is 9.42. The van der Waals surface area contributed by atoms with E-state index in [9.17, 15) is 5.11 Å². The van der Waals surface area contributed by atoms with Gasteiger partial charge in [0.15, 0.2) is 0 Å². The van der Waals surface area contributed by atoms with Gasteiger partial charge in [0.2, 0.25) is 5.95 Å². The number of nitrogens with one attached hydrogen (secondary N) is 1. The van der Waals surface area contributed by atoms with Crippen LogP contribution in [0.4, 0.5) is 5.95 Å². The zero-order chi connectivity index (χ0) is 18.1. The van der Waals surface area contributed by atoms with Crippen LogP contribution in [0.15, 0.2) is 24.4 Å². The number of fused-ring (bicyclic) bond motifs is 1. The van der Waals surface area contributed by atoms with Crippen LogP contribution in [0.2, 0.25) is 0 Å². The van der Waals surface area contributed by atoms with Gasteiger partial charge < -0.3 is 10.4 Å². The van der Waals surface area contributed by atoms with Crippen LogP contribution in [-0.4, -0.2) is 50.7 Å². The second kappa shape index (κ2) is 6.82. The molecule has 6 nitrogen and oxygen atoms in total. The Morgan fingerprint density at radius 3 is 2.81 bits per heavy atom. The monoisotopic (exact) mass is 351 g/mol. The van der Waals surface area contributed by atoms with Gasteiger partial charge in [-0.05, 0) is 57.2 Å². The highest BCUT2D eigenvalue weighted by atomic mass is 16.3. The minimum Gasteiger partial charge on any atom is -0.392 e. The Labute approximate surface area is 153 Å². The maximum absolute atomic E-state index is 9.76. The van der Waals surface area contributed by atoms with Gasteiger partial charge in [0.05, 0.1) is 23.3 Å². The van der Waals surface area contributed by atoms with Gasteiger partial charge in [-0.25, -0.2) is 9.97 Å². The van der Waals surface area contributed by atoms with Gasteiger partial charge in [0.25, 0.3) is 0 Å². The summed E-state index contributed by atoms with van der Waals surface area (Å²) in [5, 5.41) is 23.2. The van der Waals surface area contributed by atoms with Crippen LogP contribution < -0.4 is 5.32 Å². The first kappa shape index (κ1) is 17.2. The summed E-state index contributed by atoms with van der Waals surface area (Å²) in [5.41, 5.74) is 1.47. The first-order valence-electron chi connectivity index (χ1n) is 9.42. The van der Waals surface area contributed by atoms with Crippen LogP contribution in [0.3, 0.4) is 0 Å². The van der Waals surface area contributed by atoms with E-state index in [2.05, 4.69) is 33.2 Å². The quantitative estimate of drug-likeness (QED) is 0.884. The lowest BCUT2D eigenvalue weighted by molar-refractivity contribution is 0.129. The molecular weight excluding hydrogens is 326 g/mol. The van der Waals surface area contributed by atoms with Crippen molar-refractivity contribution in [1.82, 2.24) is 14.9 Å². The lowest BCUT2D eigenvalue weighted by Crippen LogP contribution is -2.45. The Morgan fingerprint density at radius 2 is 2.12 bits per heavy atom. The van der Waals surface area contributed by atoms with E-state index in [1.807, 2.05) is 12.1 Å². The average molecular weight is 351 g/mol. The molecule has 26 heavy (non-hydrogen) atoms. The molecule has 1 saturated heterocycles. The maximum Gasteiger partial charge on any atom is 0.223 e. The molecule has 2 aromatic rings. The van der Waals surface area contributed by atoms with Crippen LogP contribution in [0.1, 0.15) is 44.6 Å². The molecule has 1 unspecified atom stereocenters. The predicted octanol–water partition coefficient (Wildman–Crippen LogP) is 2.68. The number of hydrogen-bond donors (Lipinski definition) is 2. The van der Waals surface area contributed by atoms with Gasteiger partial charge in [-0.2, -0.15) is 5.26 Å². The molecule has 1 aliphatic carbocycles. The minimum absolute atomic E-state index is 0.00485. The standard InChI is InChI=1S/C20H25N5O/c1-20(7-4-16(5-8-20)25-9-6-17(26)13-25)24-19-22-12-15-10-14(11-21)2-3-18(15)23-19/h2-3,10,12,16-17,26H,4-9,13H2,1H3,(H,22,23,24). The normalized spacial score (nSPS) is 29.6. The van der Waals surface area contributed by atoms with Gasteiger partial charge >= 0.3 is 0 Å². The molecule has 0 amide bonds. The molecule has 0 spiro atoms. The Kier molecular flexibility index (Phi) is 4.51. The largest absolute Gasteiger partial charge is 0.392 e. The highest BCUT2D eigenvalue weighted by Gasteiger charge is 2.36. The van der Waals surface area contributed by atoms with Crippen molar-refractivity contribution in [2.45, 2.75) is 56.7 Å². The molecule has 2 fully saturated rings. The van der Waals surface area contributed by atoms with Gasteiger partial charge in [-0.3, -0.25) is 4.90 Å². The minimum atomic E-state index is -0.144. The van der Waals surface area contributed by atoms with Crippen molar-refractivity contribution < 1.29 is 5.11 Å². The lowest BCUT2D eigenvalue weighted by Gasteiger charge is -2.41. The van der Waals surface area contributed by atoms with Crippen LogP contribution in [-0.2, 0) is 0 Å². The number of benzene rings is 1. The number of aromatic nitrogens is 2. The lowest BCUT2D eigenvalue weighted by atomic mass is 9.80. The van der Waals surface area contributed by atoms with E-state index in [-0.39, 0.29) is 11.6 Å². The molecule has 2 aliphatic rings. The Hall–Kier alpha value is -2.23. The summed E-state index contributed by atoms with van der Waals surface area (Å²) in [7, 11) is 0. The van der Waals surface area contributed by atoms with Crippen LogP contribution >= 0.6 is 0 Å². The Bertz CT molecular complexity index is 838. The van der Waals surface area contributed by atoms with Gasteiger partial charge in [-0.1, -0.05) is 0 Å². The summed E-state index contributed by atoms with van der Waals surface area (Å²) in [6.45, 7) is 4.09. The van der Waals surface area contributed by atoms with Crippen molar-refractivity contribution in [3.63, 3.8) is 0 Å². The maximum atomic E-state index is 9.76. The van der Waals surface area contributed by atoms with E-state index in [4.69, 9.17) is 5.26 Å². The molecular formula is C20H25N5O. The Balaban J connectivity index is 1.42. The summed E-state index contributed by atoms with van der Waals surface area (Å²) >= 11 is 0. The molecule has 136 valence electrons. The van der Waals surface area contributed by atoms with E-state index >= 15 is 0 Å². The van der Waals surface area contributed by atoms with Crippen molar-refractivity contribution in [2.24, 2.45) is 0 Å². The summed E-state index contributed by atoms with van der Waals surface area (Å²) in [4.78, 5) is 11.5. The summed E-state index contributed by atoms with van der Waals surface area (Å²) in [5.74, 6) is 0.653. The van der Waals surface area contributed by atoms with E-state index < -0.39 is 0 Å². The average Bonchev–Trinajstić information content (AvgIpc) is 3.08. The fraction of sp³-hybridized carbons (Fsp3) is 0.550. The number of aliphatic hydroxyl groups excluding tert-OH is 1. The van der Waals surface area contributed by atoms with E-state index in [1.165, 1.54) is 0 Å². The summed E-state index contributed by atoms with van der Waals surface area (Å²) in [6.07, 6.45) is 6.95. The molecule has 4 rings (SSSR count). The third-order valence-electron chi connectivity index (χ3n) is 5.89. The topological polar surface area (TPSA) is 85.1 Å². The zero-order valence-electron chi connectivity index (χ0n) is 15.1. The van der Waals surface area contributed by atoms with Gasteiger partial charge in [-0.15, -0.1) is 0 Å². The molecule has 1 aromatic carbocycles. The van der Waals surface area contributed by atoms with E-state index in [0.29, 0.717) is 17.6 Å². The molecule has 1 aliphatic heterocycles. The van der Waals surface area contributed by atoms with Crippen molar-refractivity contribution in [3.05, 3.63) is 30.0 Å². The van der Waals surface area contributed by atoms with Crippen molar-refractivity contribution in [3.8, 4) is 6.07 Å². The van der Waals surface area contributed by atoms with Gasteiger partial charge in [0, 0.05) is 36.3 Å². The van der Waals surface area contributed by atoms with Crippen LogP contribution in [0.25, 0.3) is 10.9 Å². The van der Waals surface area contributed by atoms with E-state index in [0.717, 1.165) is 56.1 Å². The Morgan fingerprint density at radius 1 is 1.31 bits per heavy atom. The number of aliphatic hydroxyl groups is 1. The number of hydrogen-bond acceptors (Lipinski definition) is 6. The second-order valence-corrected chi connectivity index (χ2v) is 7.93. The number of nitrogens with zero attached hydrogens (tertiary/aromatic N) is 4. The molecule has 6 heteroatoms. The summed E-state index contributed by atoms with van der Waals surface area (Å²) in [6, 6.07) is 8.21. The number of nitriles is 1. The predicted molar refractivity (Wildman–Crippen MR) is 101 cm³/mol. The smallest absolute Gasteiger partial charge is 0.223 e. The SMILES string of the molecule is CC1(Nc2ncc3cc(C#N)ccc3n2)CCC(N2CCC(O)C2)CC1. The van der Waals surface area contributed by atoms with Crippen molar-refractivity contribution >= 4 is 16.9 Å². The fourth-order valence-electron chi connectivity index (χ4n) is 4.26. The molecule has 2 heterocycles. The molecule has 1 saturated carbocycles. The fourth-order valence-corrected chi connectivity index (χ4v) is 4.26.